The van der Waals surface area contributed by atoms with Gasteiger partial charge in [0.1, 0.15) is 0 Å². The zero-order valence-electron chi connectivity index (χ0n) is 8.59. The molecule has 0 atom stereocenters. The first-order chi connectivity index (χ1) is 7.62. The number of rotatable bonds is 3. The molecule has 1 aromatic carbocycles. The molecular weight excluding hydrogens is 249 g/mol. The van der Waals surface area contributed by atoms with Gasteiger partial charge in [0.2, 0.25) is 0 Å². The number of ether oxygens (including phenoxy) is 1. The average Bonchev–Trinajstić information content (AvgIpc) is 2.28. The standard InChI is InChI=1S/C11H9Cl2NO2/c1-16-11(15)4-7-2-9(13)3-8(6-14)10(7)5-12/h2-3H,4-5H2,1H3. The Bertz CT molecular complexity index is 452. The maximum absolute atomic E-state index is 11.2. The van der Waals surface area contributed by atoms with Gasteiger partial charge in [-0.25, -0.2) is 0 Å². The van der Waals surface area contributed by atoms with Crippen LogP contribution < -0.4 is 0 Å². The number of benzene rings is 1. The first-order valence-corrected chi connectivity index (χ1v) is 5.37. The molecule has 0 aliphatic carbocycles. The van der Waals surface area contributed by atoms with Crippen LogP contribution in [0.1, 0.15) is 16.7 Å². The van der Waals surface area contributed by atoms with Crippen molar-refractivity contribution in [2.75, 3.05) is 7.11 Å². The van der Waals surface area contributed by atoms with E-state index in [1.165, 1.54) is 13.2 Å². The van der Waals surface area contributed by atoms with Gasteiger partial charge in [-0.05, 0) is 23.3 Å². The van der Waals surface area contributed by atoms with Gasteiger partial charge >= 0.3 is 5.97 Å². The Kier molecular flexibility index (Phi) is 4.60. The number of carbonyl (C=O) groups excluding carboxylic acids is 1. The van der Waals surface area contributed by atoms with Crippen molar-refractivity contribution in [1.82, 2.24) is 0 Å². The number of carbonyl (C=O) groups is 1. The molecule has 1 aromatic rings. The minimum Gasteiger partial charge on any atom is -0.469 e. The van der Waals surface area contributed by atoms with Gasteiger partial charge in [-0.1, -0.05) is 11.6 Å². The van der Waals surface area contributed by atoms with Gasteiger partial charge in [-0.3, -0.25) is 4.79 Å². The highest BCUT2D eigenvalue weighted by molar-refractivity contribution is 6.30. The van der Waals surface area contributed by atoms with Crippen LogP contribution in [0.3, 0.4) is 0 Å². The Morgan fingerprint density at radius 1 is 1.56 bits per heavy atom. The van der Waals surface area contributed by atoms with Crippen molar-refractivity contribution >= 4 is 29.2 Å². The van der Waals surface area contributed by atoms with Crippen molar-refractivity contribution in [3.8, 4) is 6.07 Å². The molecule has 0 radical (unpaired) electrons. The van der Waals surface area contributed by atoms with Crippen molar-refractivity contribution in [3.05, 3.63) is 33.8 Å². The molecule has 0 aliphatic rings. The fourth-order valence-electron chi connectivity index (χ4n) is 1.34. The third kappa shape index (κ3) is 2.88. The molecule has 5 heteroatoms. The van der Waals surface area contributed by atoms with E-state index in [0.717, 1.165) is 0 Å². The molecule has 0 N–H and O–H groups in total. The van der Waals surface area contributed by atoms with Crippen molar-refractivity contribution in [1.29, 1.82) is 5.26 Å². The van der Waals surface area contributed by atoms with E-state index < -0.39 is 5.97 Å². The lowest BCUT2D eigenvalue weighted by Crippen LogP contribution is -2.07. The maximum atomic E-state index is 11.2. The van der Waals surface area contributed by atoms with E-state index in [2.05, 4.69) is 4.74 Å². The molecule has 0 amide bonds. The van der Waals surface area contributed by atoms with Crippen LogP contribution in [-0.4, -0.2) is 13.1 Å². The number of nitriles is 1. The van der Waals surface area contributed by atoms with Gasteiger partial charge in [0.25, 0.3) is 0 Å². The van der Waals surface area contributed by atoms with E-state index in [-0.39, 0.29) is 12.3 Å². The Morgan fingerprint density at radius 2 is 2.25 bits per heavy atom. The molecule has 0 aliphatic heterocycles. The molecule has 84 valence electrons. The monoisotopic (exact) mass is 257 g/mol. The summed E-state index contributed by atoms with van der Waals surface area (Å²) in [6.07, 6.45) is 0.0633. The minimum atomic E-state index is -0.391. The van der Waals surface area contributed by atoms with Crippen LogP contribution in [0.4, 0.5) is 0 Å². The summed E-state index contributed by atoms with van der Waals surface area (Å²) >= 11 is 11.6. The number of methoxy groups -OCH3 is 1. The molecule has 0 saturated heterocycles. The van der Waals surface area contributed by atoms with Crippen molar-refractivity contribution in [2.45, 2.75) is 12.3 Å². The highest BCUT2D eigenvalue weighted by atomic mass is 35.5. The van der Waals surface area contributed by atoms with Gasteiger partial charge < -0.3 is 4.74 Å². The number of esters is 1. The van der Waals surface area contributed by atoms with E-state index in [0.29, 0.717) is 21.7 Å². The Labute approximate surface area is 104 Å². The lowest BCUT2D eigenvalue weighted by atomic mass is 10.0. The fourth-order valence-corrected chi connectivity index (χ4v) is 1.89. The van der Waals surface area contributed by atoms with E-state index in [1.807, 2.05) is 6.07 Å². The molecular formula is C11H9Cl2NO2. The predicted molar refractivity (Wildman–Crippen MR) is 61.4 cm³/mol. The molecule has 0 aromatic heterocycles. The quantitative estimate of drug-likeness (QED) is 0.618. The largest absolute Gasteiger partial charge is 0.469 e. The second-order valence-electron chi connectivity index (χ2n) is 3.09. The predicted octanol–water partition coefficient (Wildman–Crippen LogP) is 2.67. The Balaban J connectivity index is 3.21. The molecule has 0 spiro atoms. The van der Waals surface area contributed by atoms with Crippen LogP contribution in [0.5, 0.6) is 0 Å². The minimum absolute atomic E-state index is 0.0633. The Morgan fingerprint density at radius 3 is 2.75 bits per heavy atom. The maximum Gasteiger partial charge on any atom is 0.309 e. The first kappa shape index (κ1) is 12.8. The normalized spacial score (nSPS) is 9.62. The van der Waals surface area contributed by atoms with Crippen LogP contribution in [0, 0.1) is 11.3 Å². The number of hydrogen-bond acceptors (Lipinski definition) is 3. The van der Waals surface area contributed by atoms with Gasteiger partial charge in [0.05, 0.1) is 25.2 Å². The number of halogens is 2. The Hall–Kier alpha value is -1.24. The molecule has 0 heterocycles. The summed E-state index contributed by atoms with van der Waals surface area (Å²) in [5, 5.41) is 9.31. The van der Waals surface area contributed by atoms with Crippen LogP contribution >= 0.6 is 23.2 Å². The molecule has 0 saturated carbocycles. The molecule has 0 unspecified atom stereocenters. The number of nitrogens with zero attached hydrogens (tertiary/aromatic N) is 1. The zero-order chi connectivity index (χ0) is 12.1. The summed E-state index contributed by atoms with van der Waals surface area (Å²) in [5.41, 5.74) is 1.64. The van der Waals surface area contributed by atoms with Gasteiger partial charge in [-0.2, -0.15) is 5.26 Å². The second kappa shape index (κ2) is 5.74. The fraction of sp³-hybridized carbons (Fsp3) is 0.273. The molecule has 1 rings (SSSR count). The van der Waals surface area contributed by atoms with E-state index >= 15 is 0 Å². The second-order valence-corrected chi connectivity index (χ2v) is 3.79. The van der Waals surface area contributed by atoms with Gasteiger partial charge in [0.15, 0.2) is 0 Å². The molecule has 3 nitrogen and oxygen atoms in total. The average molecular weight is 258 g/mol. The molecule has 16 heavy (non-hydrogen) atoms. The van der Waals surface area contributed by atoms with Crippen molar-refractivity contribution in [3.63, 3.8) is 0 Å². The third-order valence-electron chi connectivity index (χ3n) is 2.12. The van der Waals surface area contributed by atoms with Crippen LogP contribution in [-0.2, 0) is 21.8 Å². The summed E-state index contributed by atoms with van der Waals surface area (Å²) in [6, 6.07) is 5.15. The highest BCUT2D eigenvalue weighted by Crippen LogP contribution is 2.23. The van der Waals surface area contributed by atoms with Crippen LogP contribution in [0.15, 0.2) is 12.1 Å². The van der Waals surface area contributed by atoms with Crippen molar-refractivity contribution < 1.29 is 9.53 Å². The summed E-state index contributed by atoms with van der Waals surface area (Å²) in [6.45, 7) is 0. The first-order valence-electron chi connectivity index (χ1n) is 4.46. The van der Waals surface area contributed by atoms with E-state index in [4.69, 9.17) is 28.5 Å². The number of alkyl halides is 1. The zero-order valence-corrected chi connectivity index (χ0v) is 10.1. The number of hydrogen-bond donors (Lipinski definition) is 0. The van der Waals surface area contributed by atoms with Gasteiger partial charge in [0, 0.05) is 10.9 Å². The smallest absolute Gasteiger partial charge is 0.309 e. The third-order valence-corrected chi connectivity index (χ3v) is 2.61. The summed E-state index contributed by atoms with van der Waals surface area (Å²) < 4.78 is 4.56. The lowest BCUT2D eigenvalue weighted by molar-refractivity contribution is -0.139. The van der Waals surface area contributed by atoms with Crippen LogP contribution in [0.2, 0.25) is 5.02 Å². The van der Waals surface area contributed by atoms with Gasteiger partial charge in [-0.15, -0.1) is 11.6 Å². The molecule has 0 bridgehead atoms. The van der Waals surface area contributed by atoms with E-state index in [1.54, 1.807) is 6.07 Å². The molecule has 0 fully saturated rings. The topological polar surface area (TPSA) is 50.1 Å². The van der Waals surface area contributed by atoms with Crippen LogP contribution in [0.25, 0.3) is 0 Å². The summed E-state index contributed by atoms with van der Waals surface area (Å²) in [4.78, 5) is 11.2. The summed E-state index contributed by atoms with van der Waals surface area (Å²) in [5.74, 6) is -0.232. The summed E-state index contributed by atoms with van der Waals surface area (Å²) in [7, 11) is 1.30. The van der Waals surface area contributed by atoms with E-state index in [9.17, 15) is 4.79 Å². The lowest BCUT2D eigenvalue weighted by Gasteiger charge is -2.08. The highest BCUT2D eigenvalue weighted by Gasteiger charge is 2.13. The van der Waals surface area contributed by atoms with Crippen molar-refractivity contribution in [2.24, 2.45) is 0 Å². The SMILES string of the molecule is COC(=O)Cc1cc(Cl)cc(C#N)c1CCl.